The van der Waals surface area contributed by atoms with Crippen LogP contribution in [0, 0.1) is 0 Å². The van der Waals surface area contributed by atoms with Crippen LogP contribution in [0.2, 0.25) is 0 Å². The summed E-state index contributed by atoms with van der Waals surface area (Å²) < 4.78 is 27.3. The molecule has 0 aromatic carbocycles. The van der Waals surface area contributed by atoms with E-state index in [2.05, 4.69) is 5.09 Å². The van der Waals surface area contributed by atoms with Crippen LogP contribution < -0.4 is 5.09 Å². The maximum absolute atomic E-state index is 12.1. The Bertz CT molecular complexity index is 260. The van der Waals surface area contributed by atoms with Crippen molar-refractivity contribution in [3.8, 4) is 0 Å². The normalized spacial score (nSPS) is 11.5. The molecule has 6 nitrogen and oxygen atoms in total. The summed E-state index contributed by atoms with van der Waals surface area (Å²) in [5, 5.41) is 2.51. The third-order valence-corrected chi connectivity index (χ3v) is 3.41. The van der Waals surface area contributed by atoms with Crippen LogP contribution in [-0.2, 0) is 23.1 Å². The Hall–Kier alpha value is -0.420. The molecule has 0 aliphatic carbocycles. The molecule has 0 saturated carbocycles. The first-order valence-electron chi connectivity index (χ1n) is 6.37. The molecule has 0 aromatic heterocycles. The second kappa shape index (κ2) is 10.5. The summed E-state index contributed by atoms with van der Waals surface area (Å²) in [7, 11) is -3.39. The topological polar surface area (TPSA) is 73.9 Å². The highest BCUT2D eigenvalue weighted by molar-refractivity contribution is 7.51. The van der Waals surface area contributed by atoms with Crippen molar-refractivity contribution in [2.75, 3.05) is 26.4 Å². The molecule has 7 heteroatoms. The summed E-state index contributed by atoms with van der Waals surface area (Å²) in [6.45, 7) is 6.52. The van der Waals surface area contributed by atoms with Crippen molar-refractivity contribution in [1.29, 1.82) is 0 Å². The number of hydrogen-bond donors (Lipinski definition) is 1. The van der Waals surface area contributed by atoms with E-state index < -0.39 is 13.7 Å². The number of rotatable bonds is 11. The Labute approximate surface area is 109 Å². The predicted molar refractivity (Wildman–Crippen MR) is 69.3 cm³/mol. The van der Waals surface area contributed by atoms with Crippen LogP contribution in [0.5, 0.6) is 0 Å². The minimum atomic E-state index is -3.39. The average Bonchev–Trinajstić information content (AvgIpc) is 2.38. The molecule has 0 rings (SSSR count). The first kappa shape index (κ1) is 17.6. The van der Waals surface area contributed by atoms with Gasteiger partial charge in [0, 0.05) is 0 Å². The molecule has 0 spiro atoms. The van der Waals surface area contributed by atoms with Gasteiger partial charge in [0.2, 0.25) is 0 Å². The quantitative estimate of drug-likeness (QED) is 0.463. The number of ether oxygens (including phenoxy) is 1. The molecule has 0 heterocycles. The second-order valence-electron chi connectivity index (χ2n) is 3.72. The summed E-state index contributed by atoms with van der Waals surface area (Å²) in [6, 6.07) is 0. The van der Waals surface area contributed by atoms with E-state index in [4.69, 9.17) is 13.8 Å². The van der Waals surface area contributed by atoms with Crippen molar-refractivity contribution in [1.82, 2.24) is 5.09 Å². The fourth-order valence-electron chi connectivity index (χ4n) is 0.980. The van der Waals surface area contributed by atoms with Crippen molar-refractivity contribution < 1.29 is 23.1 Å². The molecule has 0 fully saturated rings. The maximum Gasteiger partial charge on any atom is 0.406 e. The first-order chi connectivity index (χ1) is 8.58. The third kappa shape index (κ3) is 8.64. The van der Waals surface area contributed by atoms with E-state index >= 15 is 0 Å². The van der Waals surface area contributed by atoms with E-state index in [1.165, 1.54) is 0 Å². The second-order valence-corrected chi connectivity index (χ2v) is 5.55. The standard InChI is InChI=1S/C11H24NO5P/c1-4-7-15-11(13)10-12-18(14,16-8-5-2)17-9-6-3/h4-10H2,1-3H3,(H,12,14). The monoisotopic (exact) mass is 281 g/mol. The van der Waals surface area contributed by atoms with Gasteiger partial charge in [-0.05, 0) is 19.3 Å². The van der Waals surface area contributed by atoms with Crippen LogP contribution in [0.25, 0.3) is 0 Å². The SMILES string of the molecule is CCCOC(=O)CNP(=O)(OCCC)OCCC. The highest BCUT2D eigenvalue weighted by Crippen LogP contribution is 2.43. The summed E-state index contributed by atoms with van der Waals surface area (Å²) in [4.78, 5) is 11.3. The van der Waals surface area contributed by atoms with Gasteiger partial charge in [0.15, 0.2) is 0 Å². The van der Waals surface area contributed by atoms with Gasteiger partial charge in [-0.1, -0.05) is 20.8 Å². The van der Waals surface area contributed by atoms with E-state index in [-0.39, 0.29) is 6.54 Å². The molecule has 1 N–H and O–H groups in total. The molecule has 0 radical (unpaired) electrons. The number of hydrogen-bond acceptors (Lipinski definition) is 5. The molecule has 0 aliphatic heterocycles. The van der Waals surface area contributed by atoms with Gasteiger partial charge in [0.25, 0.3) is 0 Å². The predicted octanol–water partition coefficient (Wildman–Crippen LogP) is 2.49. The van der Waals surface area contributed by atoms with Gasteiger partial charge >= 0.3 is 13.7 Å². The van der Waals surface area contributed by atoms with E-state index in [1.54, 1.807) is 0 Å². The van der Waals surface area contributed by atoms with Crippen molar-refractivity contribution >= 4 is 13.7 Å². The van der Waals surface area contributed by atoms with E-state index in [1.807, 2.05) is 20.8 Å². The zero-order chi connectivity index (χ0) is 13.9. The number of carbonyl (C=O) groups is 1. The Morgan fingerprint density at radius 3 is 1.94 bits per heavy atom. The molecule has 0 aliphatic rings. The van der Waals surface area contributed by atoms with E-state index in [9.17, 15) is 9.36 Å². The Morgan fingerprint density at radius 2 is 1.50 bits per heavy atom. The van der Waals surface area contributed by atoms with Crippen molar-refractivity contribution in [2.24, 2.45) is 0 Å². The maximum atomic E-state index is 12.1. The van der Waals surface area contributed by atoms with Crippen molar-refractivity contribution in [3.05, 3.63) is 0 Å². The Kier molecular flexibility index (Phi) is 10.3. The first-order valence-corrected chi connectivity index (χ1v) is 7.92. The van der Waals surface area contributed by atoms with Gasteiger partial charge in [0.1, 0.15) is 6.54 Å². The zero-order valence-electron chi connectivity index (χ0n) is 11.4. The fraction of sp³-hybridized carbons (Fsp3) is 0.909. The summed E-state index contributed by atoms with van der Waals surface area (Å²) in [5.74, 6) is -0.461. The van der Waals surface area contributed by atoms with Crippen LogP contribution in [0.15, 0.2) is 0 Å². The molecule has 0 amide bonds. The van der Waals surface area contributed by atoms with E-state index in [0.717, 1.165) is 19.3 Å². The number of nitrogens with one attached hydrogen (secondary N) is 1. The molecule has 0 atom stereocenters. The average molecular weight is 281 g/mol. The highest BCUT2D eigenvalue weighted by atomic mass is 31.2. The van der Waals surface area contributed by atoms with Gasteiger partial charge in [-0.25, -0.2) is 9.65 Å². The lowest BCUT2D eigenvalue weighted by Crippen LogP contribution is -2.25. The Morgan fingerprint density at radius 1 is 1.00 bits per heavy atom. The zero-order valence-corrected chi connectivity index (χ0v) is 12.3. The van der Waals surface area contributed by atoms with Gasteiger partial charge in [-0.15, -0.1) is 0 Å². The lowest BCUT2D eigenvalue weighted by atomic mass is 10.5. The molecular formula is C11H24NO5P. The van der Waals surface area contributed by atoms with Crippen LogP contribution in [0.3, 0.4) is 0 Å². The number of carbonyl (C=O) groups excluding carboxylic acids is 1. The van der Waals surface area contributed by atoms with Crippen LogP contribution in [-0.4, -0.2) is 32.3 Å². The lowest BCUT2D eigenvalue weighted by Gasteiger charge is -2.18. The van der Waals surface area contributed by atoms with Crippen molar-refractivity contribution in [3.63, 3.8) is 0 Å². The molecular weight excluding hydrogens is 257 g/mol. The van der Waals surface area contributed by atoms with Crippen LogP contribution in [0.1, 0.15) is 40.0 Å². The molecule has 18 heavy (non-hydrogen) atoms. The van der Waals surface area contributed by atoms with Crippen LogP contribution >= 0.6 is 7.75 Å². The molecule has 0 saturated heterocycles. The minimum Gasteiger partial charge on any atom is -0.465 e. The van der Waals surface area contributed by atoms with Crippen LogP contribution in [0.4, 0.5) is 0 Å². The minimum absolute atomic E-state index is 0.176. The summed E-state index contributed by atoms with van der Waals surface area (Å²) >= 11 is 0. The summed E-state index contributed by atoms with van der Waals surface area (Å²) in [6.07, 6.45) is 2.20. The molecule has 108 valence electrons. The molecule has 0 aromatic rings. The largest absolute Gasteiger partial charge is 0.465 e. The fourth-order valence-corrected chi connectivity index (χ4v) is 2.41. The Balaban J connectivity index is 4.14. The smallest absolute Gasteiger partial charge is 0.406 e. The third-order valence-electron chi connectivity index (χ3n) is 1.81. The van der Waals surface area contributed by atoms with Gasteiger partial charge in [-0.3, -0.25) is 13.8 Å². The van der Waals surface area contributed by atoms with Gasteiger partial charge in [0.05, 0.1) is 19.8 Å². The number of esters is 1. The van der Waals surface area contributed by atoms with E-state index in [0.29, 0.717) is 19.8 Å². The van der Waals surface area contributed by atoms with Gasteiger partial charge < -0.3 is 4.74 Å². The summed E-state index contributed by atoms with van der Waals surface area (Å²) in [5.41, 5.74) is 0. The molecule has 0 unspecified atom stereocenters. The van der Waals surface area contributed by atoms with Crippen molar-refractivity contribution in [2.45, 2.75) is 40.0 Å². The highest BCUT2D eigenvalue weighted by Gasteiger charge is 2.25. The molecule has 0 bridgehead atoms. The lowest BCUT2D eigenvalue weighted by molar-refractivity contribution is -0.142. The van der Waals surface area contributed by atoms with Gasteiger partial charge in [-0.2, -0.15) is 0 Å².